The van der Waals surface area contributed by atoms with E-state index in [-0.39, 0.29) is 12.3 Å². The summed E-state index contributed by atoms with van der Waals surface area (Å²) < 4.78 is 6.74. The molecule has 0 atom stereocenters. The molecular formula is C19H16N2O2S. The molecule has 0 amide bonds. The van der Waals surface area contributed by atoms with Gasteiger partial charge in [-0.3, -0.25) is 4.79 Å². The number of Topliss-reactive ketones (excluding diaryl/α,β-unsaturated/α-hetero) is 1. The number of aryl methyl sites for hydroxylation is 2. The fourth-order valence-corrected chi connectivity index (χ4v) is 3.85. The number of carbonyl (C=O) groups excluding carboxylic acids is 1. The van der Waals surface area contributed by atoms with Gasteiger partial charge in [0.1, 0.15) is 5.58 Å². The standard InChI is InChI=1S/C19H16N2O2S/c1-11-7-12(2)18-17(8-11)24-19(21-18)20-10-14(22)16-9-13-5-3-4-6-15(13)23-16/h3-9H,10H2,1-2H3,(H,20,21). The van der Waals surface area contributed by atoms with Gasteiger partial charge in [0.2, 0.25) is 5.78 Å². The molecular weight excluding hydrogens is 320 g/mol. The van der Waals surface area contributed by atoms with Crippen molar-refractivity contribution in [2.75, 3.05) is 11.9 Å². The third-order valence-electron chi connectivity index (χ3n) is 3.93. The number of nitrogens with one attached hydrogen (secondary N) is 1. The van der Waals surface area contributed by atoms with E-state index < -0.39 is 0 Å². The molecule has 0 unspecified atom stereocenters. The maximum atomic E-state index is 12.3. The van der Waals surface area contributed by atoms with Gasteiger partial charge in [0.25, 0.3) is 0 Å². The van der Waals surface area contributed by atoms with E-state index in [0.717, 1.165) is 31.9 Å². The van der Waals surface area contributed by atoms with Crippen LogP contribution in [0.1, 0.15) is 21.7 Å². The highest BCUT2D eigenvalue weighted by atomic mass is 32.1. The van der Waals surface area contributed by atoms with Crippen molar-refractivity contribution >= 4 is 43.4 Å². The third kappa shape index (κ3) is 2.67. The number of anilines is 1. The number of carbonyl (C=O) groups is 1. The first-order valence-electron chi connectivity index (χ1n) is 7.73. The smallest absolute Gasteiger partial charge is 0.217 e. The topological polar surface area (TPSA) is 55.1 Å². The molecule has 0 bridgehead atoms. The summed E-state index contributed by atoms with van der Waals surface area (Å²) in [5, 5.41) is 4.81. The number of thiazole rings is 1. The van der Waals surface area contributed by atoms with Crippen molar-refractivity contribution in [3.8, 4) is 0 Å². The van der Waals surface area contributed by atoms with Crippen molar-refractivity contribution in [1.29, 1.82) is 0 Å². The van der Waals surface area contributed by atoms with Crippen molar-refractivity contribution in [1.82, 2.24) is 4.98 Å². The van der Waals surface area contributed by atoms with Gasteiger partial charge >= 0.3 is 0 Å². The van der Waals surface area contributed by atoms with E-state index in [1.54, 1.807) is 17.4 Å². The predicted molar refractivity (Wildman–Crippen MR) is 98.1 cm³/mol. The van der Waals surface area contributed by atoms with Gasteiger partial charge in [-0.25, -0.2) is 4.98 Å². The molecule has 4 rings (SSSR count). The Morgan fingerprint density at radius 1 is 1.21 bits per heavy atom. The number of fused-ring (bicyclic) bond motifs is 2. The Hall–Kier alpha value is -2.66. The fraction of sp³-hybridized carbons (Fsp3) is 0.158. The van der Waals surface area contributed by atoms with Crippen LogP contribution in [0, 0.1) is 13.8 Å². The zero-order valence-corrected chi connectivity index (χ0v) is 14.2. The van der Waals surface area contributed by atoms with Crippen molar-refractivity contribution in [2.45, 2.75) is 13.8 Å². The molecule has 2 heterocycles. The van der Waals surface area contributed by atoms with E-state index in [4.69, 9.17) is 4.42 Å². The summed E-state index contributed by atoms with van der Waals surface area (Å²) >= 11 is 1.56. The average Bonchev–Trinajstić information content (AvgIpc) is 3.16. The summed E-state index contributed by atoms with van der Waals surface area (Å²) in [6, 6.07) is 13.6. The second-order valence-electron chi connectivity index (χ2n) is 5.87. The van der Waals surface area contributed by atoms with Crippen LogP contribution in [0.3, 0.4) is 0 Å². The van der Waals surface area contributed by atoms with Crippen LogP contribution in [-0.2, 0) is 0 Å². The fourth-order valence-electron chi connectivity index (χ4n) is 2.81. The van der Waals surface area contributed by atoms with Gasteiger partial charge in [0.15, 0.2) is 10.9 Å². The average molecular weight is 336 g/mol. The molecule has 0 aliphatic heterocycles. The molecule has 4 aromatic rings. The van der Waals surface area contributed by atoms with Crippen molar-refractivity contribution in [3.63, 3.8) is 0 Å². The molecule has 4 nitrogen and oxygen atoms in total. The van der Waals surface area contributed by atoms with E-state index in [9.17, 15) is 4.79 Å². The molecule has 0 aliphatic carbocycles. The SMILES string of the molecule is Cc1cc(C)c2nc(NCC(=O)c3cc4ccccc4o3)sc2c1. The Balaban J connectivity index is 1.53. The van der Waals surface area contributed by atoms with Gasteiger partial charge in [0, 0.05) is 5.39 Å². The summed E-state index contributed by atoms with van der Waals surface area (Å²) in [4.78, 5) is 16.9. The summed E-state index contributed by atoms with van der Waals surface area (Å²) in [7, 11) is 0. The largest absolute Gasteiger partial charge is 0.453 e. The number of aromatic nitrogens is 1. The summed E-state index contributed by atoms with van der Waals surface area (Å²) in [6.07, 6.45) is 0. The molecule has 2 aromatic carbocycles. The van der Waals surface area contributed by atoms with Crippen LogP contribution in [0.15, 0.2) is 46.9 Å². The summed E-state index contributed by atoms with van der Waals surface area (Å²) in [6.45, 7) is 4.29. The van der Waals surface area contributed by atoms with Crippen LogP contribution in [0.4, 0.5) is 5.13 Å². The Bertz CT molecular complexity index is 1030. The number of para-hydroxylation sites is 1. The van der Waals surface area contributed by atoms with Crippen LogP contribution in [-0.4, -0.2) is 17.3 Å². The van der Waals surface area contributed by atoms with Gasteiger partial charge in [0.05, 0.1) is 16.8 Å². The lowest BCUT2D eigenvalue weighted by atomic mass is 10.1. The molecule has 0 aliphatic rings. The quantitative estimate of drug-likeness (QED) is 0.536. The minimum atomic E-state index is -0.0849. The first kappa shape index (κ1) is 14.9. The highest BCUT2D eigenvalue weighted by molar-refractivity contribution is 7.22. The minimum absolute atomic E-state index is 0.0849. The molecule has 0 saturated carbocycles. The van der Waals surface area contributed by atoms with E-state index in [1.165, 1.54) is 5.56 Å². The number of ketones is 1. The molecule has 0 fully saturated rings. The third-order valence-corrected chi connectivity index (χ3v) is 4.89. The van der Waals surface area contributed by atoms with Crippen LogP contribution >= 0.6 is 11.3 Å². The molecule has 5 heteroatoms. The Kier molecular flexibility index (Phi) is 3.58. The second kappa shape index (κ2) is 5.76. The second-order valence-corrected chi connectivity index (χ2v) is 6.90. The summed E-state index contributed by atoms with van der Waals surface area (Å²) in [5.74, 6) is 0.287. The number of nitrogens with zero attached hydrogens (tertiary/aromatic N) is 1. The van der Waals surface area contributed by atoms with Crippen LogP contribution in [0.2, 0.25) is 0 Å². The number of furan rings is 1. The zero-order chi connectivity index (χ0) is 16.7. The van der Waals surface area contributed by atoms with Crippen molar-refractivity contribution < 1.29 is 9.21 Å². The maximum absolute atomic E-state index is 12.3. The highest BCUT2D eigenvalue weighted by Crippen LogP contribution is 2.29. The highest BCUT2D eigenvalue weighted by Gasteiger charge is 2.13. The van der Waals surface area contributed by atoms with Crippen molar-refractivity contribution in [2.24, 2.45) is 0 Å². The summed E-state index contributed by atoms with van der Waals surface area (Å²) in [5.41, 5.74) is 4.09. The molecule has 0 spiro atoms. The van der Waals surface area contributed by atoms with Crippen LogP contribution < -0.4 is 5.32 Å². The van der Waals surface area contributed by atoms with Crippen LogP contribution in [0.25, 0.3) is 21.2 Å². The molecule has 2 aromatic heterocycles. The first-order valence-corrected chi connectivity index (χ1v) is 8.55. The zero-order valence-electron chi connectivity index (χ0n) is 13.4. The van der Waals surface area contributed by atoms with Gasteiger partial charge in [-0.2, -0.15) is 0 Å². The monoisotopic (exact) mass is 336 g/mol. The predicted octanol–water partition coefficient (Wildman–Crippen LogP) is 4.95. The molecule has 1 N–H and O–H groups in total. The molecule has 120 valence electrons. The van der Waals surface area contributed by atoms with E-state index >= 15 is 0 Å². The Morgan fingerprint density at radius 2 is 2.04 bits per heavy atom. The lowest BCUT2D eigenvalue weighted by molar-refractivity contribution is 0.0982. The normalized spacial score (nSPS) is 11.2. The number of hydrogen-bond donors (Lipinski definition) is 1. The number of hydrogen-bond acceptors (Lipinski definition) is 5. The minimum Gasteiger partial charge on any atom is -0.453 e. The van der Waals surface area contributed by atoms with E-state index in [1.807, 2.05) is 24.3 Å². The lowest BCUT2D eigenvalue weighted by Gasteiger charge is -1.99. The Morgan fingerprint density at radius 3 is 2.88 bits per heavy atom. The number of benzene rings is 2. The maximum Gasteiger partial charge on any atom is 0.217 e. The molecule has 24 heavy (non-hydrogen) atoms. The lowest BCUT2D eigenvalue weighted by Crippen LogP contribution is -2.13. The van der Waals surface area contributed by atoms with Gasteiger partial charge in [-0.1, -0.05) is 35.6 Å². The van der Waals surface area contributed by atoms with Gasteiger partial charge in [-0.15, -0.1) is 0 Å². The van der Waals surface area contributed by atoms with Gasteiger partial charge in [-0.05, 0) is 43.2 Å². The molecule has 0 radical (unpaired) electrons. The van der Waals surface area contributed by atoms with Crippen LogP contribution in [0.5, 0.6) is 0 Å². The number of rotatable bonds is 4. The van der Waals surface area contributed by atoms with E-state index in [0.29, 0.717) is 5.76 Å². The Labute approximate surface area is 143 Å². The van der Waals surface area contributed by atoms with E-state index in [2.05, 4.69) is 36.3 Å². The first-order chi connectivity index (χ1) is 11.6. The van der Waals surface area contributed by atoms with Crippen molar-refractivity contribution in [3.05, 3.63) is 59.4 Å². The molecule has 0 saturated heterocycles. The van der Waals surface area contributed by atoms with Gasteiger partial charge < -0.3 is 9.73 Å².